The lowest BCUT2D eigenvalue weighted by atomic mass is 10.1. The topological polar surface area (TPSA) is 44.2 Å². The molecule has 0 saturated carbocycles. The third-order valence-corrected chi connectivity index (χ3v) is 6.74. The number of benzene rings is 1. The van der Waals surface area contributed by atoms with E-state index in [4.69, 9.17) is 0 Å². The van der Waals surface area contributed by atoms with E-state index < -0.39 is 74.0 Å². The van der Waals surface area contributed by atoms with Crippen molar-refractivity contribution in [3.8, 4) is 11.5 Å². The SMILES string of the molecule is CCCCCCCc1ccc(C(F)(F)Oc2ccc(C(F)(F)Oc3cc(F)c(S(F)(F)(F)(F)F)c(F)c3)nc2)nc1. The fourth-order valence-corrected chi connectivity index (χ4v) is 4.51. The van der Waals surface area contributed by atoms with Gasteiger partial charge in [-0.3, -0.25) is 4.98 Å². The van der Waals surface area contributed by atoms with Crippen LogP contribution >= 0.6 is 10.2 Å². The first-order valence-corrected chi connectivity index (χ1v) is 14.0. The molecule has 0 saturated heterocycles. The van der Waals surface area contributed by atoms with Crippen molar-refractivity contribution in [2.75, 3.05) is 0 Å². The van der Waals surface area contributed by atoms with Crippen LogP contribution in [0.5, 0.6) is 11.5 Å². The van der Waals surface area contributed by atoms with Crippen LogP contribution < -0.4 is 9.47 Å². The number of halogens is 11. The highest BCUT2D eigenvalue weighted by Crippen LogP contribution is 3.02. The molecule has 0 fully saturated rings. The first kappa shape index (κ1) is 32.2. The molecule has 0 bridgehead atoms. The Morgan fingerprint density at radius 1 is 0.683 bits per heavy atom. The Hall–Kier alpha value is -3.30. The zero-order valence-corrected chi connectivity index (χ0v) is 22.0. The average Bonchev–Trinajstić information content (AvgIpc) is 2.82. The number of hydrogen-bond donors (Lipinski definition) is 0. The average molecular weight is 625 g/mol. The molecule has 16 heteroatoms. The Kier molecular flexibility index (Phi) is 8.51. The zero-order valence-electron chi connectivity index (χ0n) is 21.1. The summed E-state index contributed by atoms with van der Waals surface area (Å²) in [5.74, 6) is -8.06. The van der Waals surface area contributed by atoms with Gasteiger partial charge in [-0.1, -0.05) is 58.1 Å². The van der Waals surface area contributed by atoms with Gasteiger partial charge in [0.25, 0.3) is 0 Å². The van der Waals surface area contributed by atoms with E-state index in [1.54, 1.807) is 0 Å². The van der Waals surface area contributed by atoms with Gasteiger partial charge in [0.1, 0.15) is 11.5 Å². The fraction of sp³-hybridized carbons (Fsp3) is 0.360. The fourth-order valence-electron chi connectivity index (χ4n) is 3.65. The molecular weight excluding hydrogens is 601 g/mol. The molecule has 0 amide bonds. The predicted molar refractivity (Wildman–Crippen MR) is 128 cm³/mol. The summed E-state index contributed by atoms with van der Waals surface area (Å²) >= 11 is 0. The molecule has 0 radical (unpaired) electrons. The van der Waals surface area contributed by atoms with E-state index in [-0.39, 0.29) is 0 Å². The maximum absolute atomic E-state index is 14.5. The Balaban J connectivity index is 1.68. The first-order valence-electron chi connectivity index (χ1n) is 12.0. The largest absolute Gasteiger partial charge is 0.444 e. The van der Waals surface area contributed by atoms with E-state index in [0.717, 1.165) is 43.7 Å². The number of aryl methyl sites for hydroxylation is 1. The van der Waals surface area contributed by atoms with Gasteiger partial charge >= 0.3 is 22.4 Å². The zero-order chi connectivity index (χ0) is 30.8. The second kappa shape index (κ2) is 10.8. The van der Waals surface area contributed by atoms with Crippen molar-refractivity contribution in [1.29, 1.82) is 0 Å². The number of nitrogens with zero attached hydrogens (tertiary/aromatic N) is 2. The minimum atomic E-state index is -10.8. The van der Waals surface area contributed by atoms with Gasteiger partial charge in [0.15, 0.2) is 27.9 Å². The molecule has 228 valence electrons. The highest BCUT2D eigenvalue weighted by atomic mass is 32.5. The highest BCUT2D eigenvalue weighted by Gasteiger charge is 2.69. The number of unbranched alkanes of at least 4 members (excludes halogenated alkanes) is 4. The summed E-state index contributed by atoms with van der Waals surface area (Å²) in [6, 6.07) is 2.53. The van der Waals surface area contributed by atoms with Gasteiger partial charge in [-0.15, -0.1) is 0 Å². The molecule has 3 rings (SSSR count). The van der Waals surface area contributed by atoms with Gasteiger partial charge < -0.3 is 9.47 Å². The maximum atomic E-state index is 14.5. The van der Waals surface area contributed by atoms with Gasteiger partial charge in [-0.2, -0.15) is 17.6 Å². The molecule has 2 heterocycles. The summed E-state index contributed by atoms with van der Waals surface area (Å²) in [6.45, 7) is 2.08. The number of hydrogen-bond acceptors (Lipinski definition) is 4. The Bertz CT molecular complexity index is 1330. The van der Waals surface area contributed by atoms with Crippen LogP contribution in [-0.4, -0.2) is 9.97 Å². The van der Waals surface area contributed by atoms with E-state index in [0.29, 0.717) is 24.8 Å². The molecule has 0 N–H and O–H groups in total. The second-order valence-corrected chi connectivity index (χ2v) is 11.4. The number of aromatic nitrogens is 2. The first-order chi connectivity index (χ1) is 18.7. The van der Waals surface area contributed by atoms with E-state index >= 15 is 0 Å². The van der Waals surface area contributed by atoms with Crippen molar-refractivity contribution < 1.29 is 55.2 Å². The maximum Gasteiger partial charge on any atom is 0.444 e. The van der Waals surface area contributed by atoms with Crippen LogP contribution in [0.1, 0.15) is 56.0 Å². The molecule has 0 aliphatic carbocycles. The van der Waals surface area contributed by atoms with Crippen molar-refractivity contribution in [2.24, 2.45) is 0 Å². The van der Waals surface area contributed by atoms with Crippen molar-refractivity contribution in [3.05, 3.63) is 77.4 Å². The molecule has 0 unspecified atom stereocenters. The Morgan fingerprint density at radius 2 is 1.20 bits per heavy atom. The quantitative estimate of drug-likeness (QED) is 0.140. The lowest BCUT2D eigenvalue weighted by Crippen LogP contribution is -2.25. The molecule has 41 heavy (non-hydrogen) atoms. The minimum Gasteiger partial charge on any atom is -0.428 e. The van der Waals surface area contributed by atoms with Crippen LogP contribution in [0.15, 0.2) is 53.7 Å². The lowest BCUT2D eigenvalue weighted by Gasteiger charge is -2.40. The third kappa shape index (κ3) is 8.60. The smallest absolute Gasteiger partial charge is 0.428 e. The van der Waals surface area contributed by atoms with Gasteiger partial charge in [-0.05, 0) is 36.6 Å². The summed E-state index contributed by atoms with van der Waals surface area (Å²) < 4.78 is 158. The van der Waals surface area contributed by atoms with Gasteiger partial charge in [0.05, 0.1) is 6.20 Å². The molecule has 0 aliphatic heterocycles. The Labute approximate surface area is 227 Å². The number of rotatable bonds is 13. The number of alkyl halides is 4. The third-order valence-electron chi connectivity index (χ3n) is 5.58. The summed E-state index contributed by atoms with van der Waals surface area (Å²) in [4.78, 5) is 3.36. The summed E-state index contributed by atoms with van der Waals surface area (Å²) in [7, 11) is -10.8. The highest BCUT2D eigenvalue weighted by molar-refractivity contribution is 8.45. The van der Waals surface area contributed by atoms with Crippen molar-refractivity contribution in [2.45, 2.75) is 62.6 Å². The van der Waals surface area contributed by atoms with Crippen LogP contribution in [-0.2, 0) is 18.6 Å². The summed E-state index contributed by atoms with van der Waals surface area (Å²) in [5.41, 5.74) is -1.38. The van der Waals surface area contributed by atoms with Gasteiger partial charge in [0.2, 0.25) is 0 Å². The van der Waals surface area contributed by atoms with Crippen molar-refractivity contribution in [1.82, 2.24) is 9.97 Å². The van der Waals surface area contributed by atoms with Crippen LogP contribution in [0.4, 0.5) is 45.8 Å². The van der Waals surface area contributed by atoms with Crippen molar-refractivity contribution in [3.63, 3.8) is 0 Å². The molecule has 1 aromatic carbocycles. The minimum absolute atomic E-state index is 0.427. The molecule has 2 aromatic heterocycles. The molecular formula is C25H23F11N2O2S. The van der Waals surface area contributed by atoms with Gasteiger partial charge in [-0.25, -0.2) is 13.8 Å². The van der Waals surface area contributed by atoms with Crippen LogP contribution in [0, 0.1) is 11.6 Å². The molecule has 3 aromatic rings. The van der Waals surface area contributed by atoms with Crippen molar-refractivity contribution >= 4 is 10.2 Å². The van der Waals surface area contributed by atoms with Crippen LogP contribution in [0.25, 0.3) is 0 Å². The normalized spacial score (nSPS) is 14.3. The number of pyridine rings is 2. The second-order valence-electron chi connectivity index (χ2n) is 9.02. The molecule has 0 atom stereocenters. The predicted octanol–water partition coefficient (Wildman–Crippen LogP) is 10.2. The molecule has 0 aliphatic rings. The lowest BCUT2D eigenvalue weighted by molar-refractivity contribution is -0.190. The van der Waals surface area contributed by atoms with E-state index in [1.807, 2.05) is 0 Å². The van der Waals surface area contributed by atoms with Crippen LogP contribution in [0.3, 0.4) is 0 Å². The molecule has 4 nitrogen and oxygen atoms in total. The summed E-state index contributed by atoms with van der Waals surface area (Å²) in [6.07, 6.45) is -1.16. The van der Waals surface area contributed by atoms with E-state index in [1.165, 1.54) is 12.3 Å². The van der Waals surface area contributed by atoms with E-state index in [9.17, 15) is 45.8 Å². The monoisotopic (exact) mass is 624 g/mol. The number of ether oxygens (including phenoxy) is 2. The van der Waals surface area contributed by atoms with Crippen LogP contribution in [0.2, 0.25) is 0 Å². The van der Waals surface area contributed by atoms with Gasteiger partial charge in [0, 0.05) is 18.3 Å². The Morgan fingerprint density at radius 3 is 1.66 bits per heavy atom. The molecule has 0 spiro atoms. The summed E-state index contributed by atoms with van der Waals surface area (Å²) in [5, 5.41) is 0. The standard InChI is InChI=1S/C25H23F11N2O2S/c1-2-3-4-5-6-7-16-8-10-21(37-14-16)24(28,29)39-17-9-11-22(38-15-17)25(30,31)40-18-12-19(26)23(20(27)13-18)41(32,33,34,35)36/h8-15H,2-7H2,1H3. The van der Waals surface area contributed by atoms with E-state index in [2.05, 4.69) is 26.4 Å².